The Kier molecular flexibility index (Phi) is 4.08. The number of nitrogens with two attached hydrogens (primary N) is 1. The van der Waals surface area contributed by atoms with Crippen LogP contribution in [0.15, 0.2) is 40.1 Å². The zero-order valence-electron chi connectivity index (χ0n) is 11.8. The first-order chi connectivity index (χ1) is 9.52. The van der Waals surface area contributed by atoms with Crippen molar-refractivity contribution in [1.82, 2.24) is 9.13 Å². The van der Waals surface area contributed by atoms with Crippen LogP contribution in [0, 0.1) is 6.92 Å². The zero-order chi connectivity index (χ0) is 14.7. The number of hydrogen-bond donors (Lipinski definition) is 1. The van der Waals surface area contributed by atoms with Gasteiger partial charge in [0.25, 0.3) is 5.56 Å². The molecule has 5 heteroatoms. The van der Waals surface area contributed by atoms with Gasteiger partial charge in [0.2, 0.25) is 0 Å². The third kappa shape index (κ3) is 2.82. The van der Waals surface area contributed by atoms with Crippen LogP contribution in [-0.2, 0) is 13.1 Å². The van der Waals surface area contributed by atoms with E-state index in [0.717, 1.165) is 17.5 Å². The molecule has 5 nitrogen and oxygen atoms in total. The smallest absolute Gasteiger partial charge is 0.331 e. The molecule has 1 aromatic carbocycles. The Morgan fingerprint density at radius 3 is 2.40 bits per heavy atom. The van der Waals surface area contributed by atoms with Crippen LogP contribution in [0.2, 0.25) is 0 Å². The Morgan fingerprint density at radius 2 is 1.80 bits per heavy atom. The molecule has 1 aromatic heterocycles. The minimum Gasteiger partial charge on any atom is -0.393 e. The van der Waals surface area contributed by atoms with Crippen LogP contribution in [0.25, 0.3) is 0 Å². The molecule has 2 aromatic rings. The van der Waals surface area contributed by atoms with Gasteiger partial charge in [-0.05, 0) is 18.9 Å². The maximum absolute atomic E-state index is 12.3. The van der Waals surface area contributed by atoms with Gasteiger partial charge in [-0.2, -0.15) is 0 Å². The molecular formula is C15H19N3O2. The van der Waals surface area contributed by atoms with Gasteiger partial charge in [-0.3, -0.25) is 13.9 Å². The average Bonchev–Trinajstić information content (AvgIpc) is 2.43. The van der Waals surface area contributed by atoms with E-state index in [0.29, 0.717) is 6.54 Å². The van der Waals surface area contributed by atoms with E-state index in [2.05, 4.69) is 0 Å². The van der Waals surface area contributed by atoms with Crippen molar-refractivity contribution >= 4 is 5.69 Å². The number of rotatable bonds is 4. The number of nitrogens with zero attached hydrogens (tertiary/aromatic N) is 2. The second-order valence-electron chi connectivity index (χ2n) is 4.94. The van der Waals surface area contributed by atoms with Gasteiger partial charge in [-0.15, -0.1) is 0 Å². The van der Waals surface area contributed by atoms with Gasteiger partial charge in [0.1, 0.15) is 5.69 Å². The maximum Gasteiger partial charge on any atom is 0.331 e. The second-order valence-corrected chi connectivity index (χ2v) is 4.94. The van der Waals surface area contributed by atoms with Crippen LogP contribution in [0.3, 0.4) is 0 Å². The fraction of sp³-hybridized carbons (Fsp3) is 0.333. The Balaban J connectivity index is 2.47. The monoisotopic (exact) mass is 273 g/mol. The fourth-order valence-corrected chi connectivity index (χ4v) is 2.09. The second kappa shape index (κ2) is 5.77. The number of benzene rings is 1. The van der Waals surface area contributed by atoms with Gasteiger partial charge in [-0.25, -0.2) is 4.79 Å². The van der Waals surface area contributed by atoms with Crippen LogP contribution < -0.4 is 17.0 Å². The topological polar surface area (TPSA) is 70.0 Å². The largest absolute Gasteiger partial charge is 0.393 e. The predicted octanol–water partition coefficient (Wildman–Crippen LogP) is 1.36. The molecule has 1 heterocycles. The summed E-state index contributed by atoms with van der Waals surface area (Å²) in [5.74, 6) is 0. The molecule has 0 unspecified atom stereocenters. The van der Waals surface area contributed by atoms with Crippen molar-refractivity contribution in [3.05, 3.63) is 62.4 Å². The van der Waals surface area contributed by atoms with Gasteiger partial charge in [0, 0.05) is 12.7 Å². The van der Waals surface area contributed by atoms with Gasteiger partial charge in [0.05, 0.1) is 6.54 Å². The Morgan fingerprint density at radius 1 is 1.15 bits per heavy atom. The van der Waals surface area contributed by atoms with E-state index in [4.69, 9.17) is 5.73 Å². The summed E-state index contributed by atoms with van der Waals surface area (Å²) < 4.78 is 2.68. The van der Waals surface area contributed by atoms with E-state index in [-0.39, 0.29) is 17.9 Å². The molecule has 0 bridgehead atoms. The highest BCUT2D eigenvalue weighted by molar-refractivity contribution is 5.31. The van der Waals surface area contributed by atoms with Crippen LogP contribution >= 0.6 is 0 Å². The molecule has 0 saturated heterocycles. The van der Waals surface area contributed by atoms with Crippen molar-refractivity contribution in [2.24, 2.45) is 0 Å². The SMILES string of the molecule is CCCn1cc(N)c(=O)n(Cc2ccc(C)cc2)c1=O. The predicted molar refractivity (Wildman–Crippen MR) is 79.9 cm³/mol. The first-order valence-electron chi connectivity index (χ1n) is 6.68. The number of aryl methyl sites for hydroxylation is 2. The number of anilines is 1. The van der Waals surface area contributed by atoms with Crippen molar-refractivity contribution in [2.45, 2.75) is 33.4 Å². The Hall–Kier alpha value is -2.30. The summed E-state index contributed by atoms with van der Waals surface area (Å²) in [6, 6.07) is 7.73. The molecule has 2 rings (SSSR count). The number of nitrogen functional groups attached to an aromatic ring is 1. The lowest BCUT2D eigenvalue weighted by Gasteiger charge is -2.11. The lowest BCUT2D eigenvalue weighted by atomic mass is 10.1. The van der Waals surface area contributed by atoms with E-state index >= 15 is 0 Å². The third-order valence-corrected chi connectivity index (χ3v) is 3.19. The summed E-state index contributed by atoms with van der Waals surface area (Å²) in [5, 5.41) is 0. The molecule has 2 N–H and O–H groups in total. The Labute approximate surface area is 117 Å². The lowest BCUT2D eigenvalue weighted by Crippen LogP contribution is -2.40. The molecule has 0 amide bonds. The molecule has 0 aliphatic carbocycles. The van der Waals surface area contributed by atoms with Crippen LogP contribution in [-0.4, -0.2) is 9.13 Å². The molecular weight excluding hydrogens is 254 g/mol. The molecule has 0 aliphatic rings. The maximum atomic E-state index is 12.3. The van der Waals surface area contributed by atoms with Crippen molar-refractivity contribution in [3.8, 4) is 0 Å². The number of hydrogen-bond acceptors (Lipinski definition) is 3. The highest BCUT2D eigenvalue weighted by Gasteiger charge is 2.09. The fourth-order valence-electron chi connectivity index (χ4n) is 2.09. The van der Waals surface area contributed by atoms with Crippen LogP contribution in [0.1, 0.15) is 24.5 Å². The zero-order valence-corrected chi connectivity index (χ0v) is 11.8. The molecule has 20 heavy (non-hydrogen) atoms. The van der Waals surface area contributed by atoms with Crippen molar-refractivity contribution in [2.75, 3.05) is 5.73 Å². The minimum atomic E-state index is -0.428. The summed E-state index contributed by atoms with van der Waals surface area (Å²) in [7, 11) is 0. The van der Waals surface area contributed by atoms with Crippen molar-refractivity contribution in [3.63, 3.8) is 0 Å². The summed E-state index contributed by atoms with van der Waals surface area (Å²) in [5.41, 5.74) is 7.11. The molecule has 0 atom stereocenters. The third-order valence-electron chi connectivity index (χ3n) is 3.19. The Bertz CT molecular complexity index is 711. The number of aromatic nitrogens is 2. The van der Waals surface area contributed by atoms with Gasteiger partial charge < -0.3 is 5.73 Å². The quantitative estimate of drug-likeness (QED) is 0.914. The van der Waals surface area contributed by atoms with Gasteiger partial charge in [0.15, 0.2) is 0 Å². The molecule has 0 aliphatic heterocycles. The summed E-state index contributed by atoms with van der Waals surface area (Å²) in [6.07, 6.45) is 2.24. The average molecular weight is 273 g/mol. The first kappa shape index (κ1) is 14.1. The van der Waals surface area contributed by atoms with E-state index in [1.165, 1.54) is 15.3 Å². The summed E-state index contributed by atoms with van der Waals surface area (Å²) in [4.78, 5) is 24.3. The molecule has 0 radical (unpaired) electrons. The summed E-state index contributed by atoms with van der Waals surface area (Å²) in [6.45, 7) is 4.76. The molecule has 0 saturated carbocycles. The normalized spacial score (nSPS) is 10.7. The van der Waals surface area contributed by atoms with E-state index in [9.17, 15) is 9.59 Å². The van der Waals surface area contributed by atoms with Gasteiger partial charge in [-0.1, -0.05) is 36.8 Å². The van der Waals surface area contributed by atoms with Gasteiger partial charge >= 0.3 is 5.69 Å². The first-order valence-corrected chi connectivity index (χ1v) is 6.68. The van der Waals surface area contributed by atoms with E-state index in [1.54, 1.807) is 0 Å². The highest BCUT2D eigenvalue weighted by Crippen LogP contribution is 2.04. The van der Waals surface area contributed by atoms with E-state index < -0.39 is 5.56 Å². The minimum absolute atomic E-state index is 0.102. The lowest BCUT2D eigenvalue weighted by molar-refractivity contribution is 0.573. The summed E-state index contributed by atoms with van der Waals surface area (Å²) >= 11 is 0. The molecule has 0 spiro atoms. The van der Waals surface area contributed by atoms with E-state index in [1.807, 2.05) is 38.1 Å². The van der Waals surface area contributed by atoms with Crippen LogP contribution in [0.4, 0.5) is 5.69 Å². The molecule has 0 fully saturated rings. The van der Waals surface area contributed by atoms with Crippen LogP contribution in [0.5, 0.6) is 0 Å². The molecule has 106 valence electrons. The standard InChI is InChI=1S/C15H19N3O2/c1-3-8-17-10-13(16)14(19)18(15(17)20)9-12-6-4-11(2)5-7-12/h4-7,10H,3,8-9,16H2,1-2H3. The van der Waals surface area contributed by atoms with Crippen molar-refractivity contribution < 1.29 is 0 Å². The van der Waals surface area contributed by atoms with Crippen molar-refractivity contribution in [1.29, 1.82) is 0 Å². The highest BCUT2D eigenvalue weighted by atomic mass is 16.2.